The molecule has 13 heavy (non-hydrogen) atoms. The number of nitriles is 1. The number of thioether (sulfide) groups is 1. The van der Waals surface area contributed by atoms with E-state index in [0.717, 1.165) is 5.75 Å². The van der Waals surface area contributed by atoms with Crippen molar-refractivity contribution >= 4 is 29.3 Å². The molecule has 1 unspecified atom stereocenters. The van der Waals surface area contributed by atoms with Crippen molar-refractivity contribution < 1.29 is 9.53 Å². The summed E-state index contributed by atoms with van der Waals surface area (Å²) in [5.41, 5.74) is 0.758. The minimum absolute atomic E-state index is 0.0625. The lowest BCUT2D eigenvalue weighted by Gasteiger charge is -2.03. The van der Waals surface area contributed by atoms with Gasteiger partial charge < -0.3 is 4.74 Å². The molecule has 0 amide bonds. The Morgan fingerprint density at radius 3 is 2.92 bits per heavy atom. The largest absolute Gasteiger partial charge is 0.465 e. The third kappa shape index (κ3) is 2.17. The zero-order valence-corrected chi connectivity index (χ0v) is 8.61. The Morgan fingerprint density at radius 2 is 2.54 bits per heavy atom. The monoisotopic (exact) mass is 217 g/mol. The number of hydrogen-bond donors (Lipinski definition) is 0. The fourth-order valence-corrected chi connectivity index (χ4v) is 2.54. The van der Waals surface area contributed by atoms with Gasteiger partial charge in [0.15, 0.2) is 0 Å². The van der Waals surface area contributed by atoms with E-state index in [2.05, 4.69) is 4.74 Å². The van der Waals surface area contributed by atoms with Gasteiger partial charge in [0, 0.05) is 0 Å². The Morgan fingerprint density at radius 1 is 1.85 bits per heavy atom. The van der Waals surface area contributed by atoms with Gasteiger partial charge in [-0.1, -0.05) is 0 Å². The fraction of sp³-hybridized carbons (Fsp3) is 0.500. The van der Waals surface area contributed by atoms with Crippen molar-refractivity contribution in [1.82, 2.24) is 0 Å². The first-order valence-corrected chi connectivity index (χ1v) is 5.16. The number of halogens is 1. The van der Waals surface area contributed by atoms with Crippen LogP contribution in [-0.2, 0) is 9.53 Å². The van der Waals surface area contributed by atoms with Gasteiger partial charge in [0.25, 0.3) is 0 Å². The standard InChI is InChI=1S/C8H8ClNO2S/c1-12-8(11)6(4-10)5-2-3-13-7(5)9/h7H,2-3H2,1H3/b6-5-. The predicted octanol–water partition coefficient (Wildman–Crippen LogP) is 1.68. The van der Waals surface area contributed by atoms with Crippen LogP contribution in [0.1, 0.15) is 6.42 Å². The average molecular weight is 218 g/mol. The van der Waals surface area contributed by atoms with Crippen molar-refractivity contribution in [2.75, 3.05) is 12.9 Å². The molecule has 1 aliphatic heterocycles. The second kappa shape index (κ2) is 4.54. The number of nitrogens with zero attached hydrogens (tertiary/aromatic N) is 1. The minimum atomic E-state index is -0.592. The molecule has 0 aromatic heterocycles. The van der Waals surface area contributed by atoms with Crippen LogP contribution in [0.4, 0.5) is 0 Å². The molecule has 1 aliphatic rings. The summed E-state index contributed by atoms with van der Waals surface area (Å²) in [5, 5.41) is 8.73. The lowest BCUT2D eigenvalue weighted by atomic mass is 10.1. The maximum absolute atomic E-state index is 11.1. The van der Waals surface area contributed by atoms with Gasteiger partial charge in [-0.05, 0) is 17.7 Å². The summed E-state index contributed by atoms with van der Waals surface area (Å²) < 4.78 is 4.22. The quantitative estimate of drug-likeness (QED) is 0.290. The maximum atomic E-state index is 11.1. The second-order valence-electron chi connectivity index (χ2n) is 2.44. The average Bonchev–Trinajstić information content (AvgIpc) is 2.53. The van der Waals surface area contributed by atoms with Crippen LogP contribution in [0.2, 0.25) is 0 Å². The van der Waals surface area contributed by atoms with Crippen molar-refractivity contribution in [3.63, 3.8) is 0 Å². The van der Waals surface area contributed by atoms with Gasteiger partial charge in [0.05, 0.1) is 7.11 Å². The first-order valence-electron chi connectivity index (χ1n) is 3.67. The highest BCUT2D eigenvalue weighted by Crippen LogP contribution is 2.36. The molecule has 0 radical (unpaired) electrons. The van der Waals surface area contributed by atoms with E-state index in [-0.39, 0.29) is 10.3 Å². The second-order valence-corrected chi connectivity index (χ2v) is 4.35. The van der Waals surface area contributed by atoms with E-state index in [9.17, 15) is 4.79 Å². The molecular weight excluding hydrogens is 210 g/mol. The van der Waals surface area contributed by atoms with Gasteiger partial charge in [-0.15, -0.1) is 23.4 Å². The topological polar surface area (TPSA) is 50.1 Å². The number of esters is 1. The molecule has 0 saturated carbocycles. The highest BCUT2D eigenvalue weighted by atomic mass is 35.5. The Kier molecular flexibility index (Phi) is 3.64. The number of alkyl halides is 1. The van der Waals surface area contributed by atoms with E-state index in [1.165, 1.54) is 18.9 Å². The van der Waals surface area contributed by atoms with Crippen LogP contribution in [-0.4, -0.2) is 23.5 Å². The van der Waals surface area contributed by atoms with Crippen molar-refractivity contribution in [2.45, 2.75) is 11.1 Å². The zero-order chi connectivity index (χ0) is 9.84. The summed E-state index contributed by atoms with van der Waals surface area (Å²) in [6.07, 6.45) is 0.691. The van der Waals surface area contributed by atoms with Crippen LogP contribution in [0.5, 0.6) is 0 Å². The third-order valence-electron chi connectivity index (χ3n) is 1.73. The van der Waals surface area contributed by atoms with E-state index < -0.39 is 5.97 Å². The van der Waals surface area contributed by atoms with E-state index in [0.29, 0.717) is 12.0 Å². The van der Waals surface area contributed by atoms with Gasteiger partial charge in [-0.25, -0.2) is 4.79 Å². The molecule has 1 rings (SSSR count). The van der Waals surface area contributed by atoms with Crippen molar-refractivity contribution in [1.29, 1.82) is 5.26 Å². The molecule has 1 heterocycles. The maximum Gasteiger partial charge on any atom is 0.348 e. The summed E-state index contributed by atoms with van der Waals surface area (Å²) in [5.74, 6) is 0.261. The van der Waals surface area contributed by atoms with E-state index in [4.69, 9.17) is 16.9 Å². The van der Waals surface area contributed by atoms with Gasteiger partial charge >= 0.3 is 5.97 Å². The molecule has 1 atom stereocenters. The minimum Gasteiger partial charge on any atom is -0.465 e. The highest BCUT2D eigenvalue weighted by molar-refractivity contribution is 8.01. The number of hydrogen-bond acceptors (Lipinski definition) is 4. The van der Waals surface area contributed by atoms with Gasteiger partial charge in [-0.2, -0.15) is 5.26 Å². The molecule has 3 nitrogen and oxygen atoms in total. The molecule has 0 aromatic carbocycles. The Labute approximate surface area is 85.7 Å². The predicted molar refractivity (Wildman–Crippen MR) is 51.4 cm³/mol. The van der Waals surface area contributed by atoms with Crippen LogP contribution >= 0.6 is 23.4 Å². The molecule has 0 spiro atoms. The number of rotatable bonds is 1. The Hall–Kier alpha value is -0.660. The van der Waals surface area contributed by atoms with Crippen LogP contribution in [0.3, 0.4) is 0 Å². The lowest BCUT2D eigenvalue weighted by Crippen LogP contribution is -2.08. The number of ether oxygens (including phenoxy) is 1. The summed E-state index contributed by atoms with van der Waals surface area (Å²) in [4.78, 5) is 11.1. The lowest BCUT2D eigenvalue weighted by molar-refractivity contribution is -0.135. The summed E-state index contributed by atoms with van der Waals surface area (Å²) in [7, 11) is 1.26. The van der Waals surface area contributed by atoms with Crippen molar-refractivity contribution in [3.05, 3.63) is 11.1 Å². The molecule has 0 N–H and O–H groups in total. The van der Waals surface area contributed by atoms with E-state index in [1.54, 1.807) is 0 Å². The molecule has 5 heteroatoms. The summed E-state index contributed by atoms with van der Waals surface area (Å²) in [6.45, 7) is 0. The highest BCUT2D eigenvalue weighted by Gasteiger charge is 2.26. The SMILES string of the molecule is COC(=O)/C(C#N)=C1/CCSC1Cl. The first kappa shape index (κ1) is 10.4. The van der Waals surface area contributed by atoms with Crippen LogP contribution in [0.25, 0.3) is 0 Å². The molecule has 1 fully saturated rings. The summed E-state index contributed by atoms with van der Waals surface area (Å²) in [6, 6.07) is 1.83. The zero-order valence-electron chi connectivity index (χ0n) is 7.04. The molecule has 0 aromatic rings. The molecule has 0 bridgehead atoms. The van der Waals surface area contributed by atoms with E-state index >= 15 is 0 Å². The number of methoxy groups -OCH3 is 1. The summed E-state index contributed by atoms with van der Waals surface area (Å²) >= 11 is 7.42. The normalized spacial score (nSPS) is 25.2. The number of carbonyl (C=O) groups is 1. The Bertz CT molecular complexity index is 295. The van der Waals surface area contributed by atoms with Crippen LogP contribution in [0.15, 0.2) is 11.1 Å². The smallest absolute Gasteiger partial charge is 0.348 e. The molecule has 70 valence electrons. The fourth-order valence-electron chi connectivity index (χ4n) is 1.08. The number of carbonyl (C=O) groups excluding carboxylic acids is 1. The van der Waals surface area contributed by atoms with Crippen LogP contribution < -0.4 is 0 Å². The van der Waals surface area contributed by atoms with Crippen molar-refractivity contribution in [3.8, 4) is 6.07 Å². The third-order valence-corrected chi connectivity index (χ3v) is 3.39. The van der Waals surface area contributed by atoms with Gasteiger partial charge in [0.1, 0.15) is 16.4 Å². The molecular formula is C8H8ClNO2S. The van der Waals surface area contributed by atoms with Gasteiger partial charge in [-0.3, -0.25) is 0 Å². The first-order chi connectivity index (χ1) is 6.20. The molecule has 0 aliphatic carbocycles. The van der Waals surface area contributed by atoms with Gasteiger partial charge in [0.2, 0.25) is 0 Å². The Balaban J connectivity index is 2.98. The van der Waals surface area contributed by atoms with Crippen LogP contribution in [0, 0.1) is 11.3 Å². The molecule has 1 saturated heterocycles. The van der Waals surface area contributed by atoms with Crippen molar-refractivity contribution in [2.24, 2.45) is 0 Å². The van der Waals surface area contributed by atoms with E-state index in [1.807, 2.05) is 6.07 Å².